The Morgan fingerprint density at radius 2 is 1.63 bits per heavy atom. The molecule has 0 heterocycles. The van der Waals surface area contributed by atoms with Crippen molar-refractivity contribution in [3.63, 3.8) is 0 Å². The molecule has 0 bridgehead atoms. The zero-order valence-corrected chi connectivity index (χ0v) is 16.5. The van der Waals surface area contributed by atoms with Crippen molar-refractivity contribution in [2.45, 2.75) is 13.8 Å². The zero-order valence-electron chi connectivity index (χ0n) is 15.7. The van der Waals surface area contributed by atoms with Crippen LogP contribution < -0.4 is 20.1 Å². The van der Waals surface area contributed by atoms with Gasteiger partial charge in [-0.15, -0.1) is 0 Å². The minimum Gasteiger partial charge on any atom is -0.484 e. The number of sulfonamides is 1. The molecule has 0 aliphatic rings. The highest BCUT2D eigenvalue weighted by atomic mass is 32.2. The van der Waals surface area contributed by atoms with Crippen LogP contribution in [0, 0.1) is 13.8 Å². The van der Waals surface area contributed by atoms with Gasteiger partial charge in [-0.25, -0.2) is 8.42 Å². The number of hydrogen-bond donors (Lipinski definition) is 3. The zero-order chi connectivity index (χ0) is 19.9. The van der Waals surface area contributed by atoms with Crippen molar-refractivity contribution in [2.24, 2.45) is 0 Å². The number of aryl methyl sites for hydroxylation is 2. The van der Waals surface area contributed by atoms with Gasteiger partial charge in [-0.1, -0.05) is 6.07 Å². The molecule has 0 saturated heterocycles. The van der Waals surface area contributed by atoms with Gasteiger partial charge in [0.05, 0.1) is 6.26 Å². The Hall–Kier alpha value is -2.74. The van der Waals surface area contributed by atoms with Crippen molar-refractivity contribution in [1.82, 2.24) is 5.32 Å². The molecule has 0 radical (unpaired) electrons. The standard InChI is InChI=1S/C19H25N3O4S/c1-14-4-5-17(12-15(14)2)20-10-11-21-19(23)13-26-18-8-6-16(7-9-18)22-27(3,24)25/h4-9,12,20,22H,10-11,13H2,1-3H3,(H,21,23). The summed E-state index contributed by atoms with van der Waals surface area (Å²) in [6, 6.07) is 12.5. The van der Waals surface area contributed by atoms with E-state index >= 15 is 0 Å². The first-order chi connectivity index (χ1) is 12.7. The number of carbonyl (C=O) groups excluding carboxylic acids is 1. The van der Waals surface area contributed by atoms with Crippen molar-refractivity contribution >= 4 is 27.3 Å². The Bertz CT molecular complexity index is 880. The van der Waals surface area contributed by atoms with Gasteiger partial charge in [-0.2, -0.15) is 0 Å². The molecule has 0 saturated carbocycles. The van der Waals surface area contributed by atoms with E-state index in [1.807, 2.05) is 6.07 Å². The molecule has 3 N–H and O–H groups in total. The van der Waals surface area contributed by atoms with Crippen LogP contribution in [0.3, 0.4) is 0 Å². The molecule has 0 aliphatic carbocycles. The van der Waals surface area contributed by atoms with Gasteiger partial charge >= 0.3 is 0 Å². The number of ether oxygens (including phenoxy) is 1. The monoisotopic (exact) mass is 391 g/mol. The lowest BCUT2D eigenvalue weighted by Crippen LogP contribution is -2.32. The van der Waals surface area contributed by atoms with Crippen molar-refractivity contribution in [1.29, 1.82) is 0 Å². The third-order valence-corrected chi connectivity index (χ3v) is 4.42. The Morgan fingerprint density at radius 1 is 0.963 bits per heavy atom. The molecular weight excluding hydrogens is 366 g/mol. The van der Waals surface area contributed by atoms with Crippen molar-refractivity contribution in [3.8, 4) is 5.75 Å². The van der Waals surface area contributed by atoms with Gasteiger partial charge in [-0.05, 0) is 61.4 Å². The molecule has 7 nitrogen and oxygen atoms in total. The van der Waals surface area contributed by atoms with Gasteiger partial charge < -0.3 is 15.4 Å². The van der Waals surface area contributed by atoms with Crippen LogP contribution in [0.4, 0.5) is 11.4 Å². The fourth-order valence-corrected chi connectivity index (χ4v) is 2.86. The van der Waals surface area contributed by atoms with Crippen LogP contribution in [-0.4, -0.2) is 40.3 Å². The van der Waals surface area contributed by atoms with Crippen LogP contribution in [0.15, 0.2) is 42.5 Å². The highest BCUT2D eigenvalue weighted by Gasteiger charge is 2.04. The molecule has 27 heavy (non-hydrogen) atoms. The molecule has 0 atom stereocenters. The lowest BCUT2D eigenvalue weighted by Gasteiger charge is -2.11. The van der Waals surface area contributed by atoms with Crippen LogP contribution in [-0.2, 0) is 14.8 Å². The average molecular weight is 391 g/mol. The van der Waals surface area contributed by atoms with Crippen LogP contribution in [0.25, 0.3) is 0 Å². The predicted octanol–water partition coefficient (Wildman–Crippen LogP) is 2.28. The second-order valence-electron chi connectivity index (χ2n) is 6.26. The summed E-state index contributed by atoms with van der Waals surface area (Å²) in [5.74, 6) is 0.257. The summed E-state index contributed by atoms with van der Waals surface area (Å²) in [5, 5.41) is 6.03. The first kappa shape index (κ1) is 20.6. The number of benzene rings is 2. The lowest BCUT2D eigenvalue weighted by atomic mass is 10.1. The van der Waals surface area contributed by atoms with E-state index in [1.54, 1.807) is 24.3 Å². The fourth-order valence-electron chi connectivity index (χ4n) is 2.29. The quantitative estimate of drug-likeness (QED) is 0.570. The first-order valence-electron chi connectivity index (χ1n) is 8.51. The van der Waals surface area contributed by atoms with E-state index < -0.39 is 10.0 Å². The molecule has 0 fully saturated rings. The summed E-state index contributed by atoms with van der Waals surface area (Å²) < 4.78 is 30.0. The third-order valence-electron chi connectivity index (χ3n) is 3.81. The molecule has 0 unspecified atom stereocenters. The number of hydrogen-bond acceptors (Lipinski definition) is 5. The van der Waals surface area contributed by atoms with E-state index in [2.05, 4.69) is 41.3 Å². The maximum absolute atomic E-state index is 11.8. The van der Waals surface area contributed by atoms with Crippen molar-refractivity contribution < 1.29 is 17.9 Å². The number of carbonyl (C=O) groups is 1. The van der Waals surface area contributed by atoms with Crippen LogP contribution >= 0.6 is 0 Å². The Kier molecular flexibility index (Phi) is 7.06. The third kappa shape index (κ3) is 7.57. The van der Waals surface area contributed by atoms with E-state index in [4.69, 9.17) is 4.74 Å². The van der Waals surface area contributed by atoms with Gasteiger partial charge in [-0.3, -0.25) is 9.52 Å². The number of nitrogens with one attached hydrogen (secondary N) is 3. The maximum Gasteiger partial charge on any atom is 0.258 e. The Balaban J connectivity index is 1.67. The van der Waals surface area contributed by atoms with E-state index in [0.717, 1.165) is 11.9 Å². The molecule has 0 aliphatic heterocycles. The second kappa shape index (κ2) is 9.27. The van der Waals surface area contributed by atoms with Gasteiger partial charge in [0, 0.05) is 24.5 Å². The van der Waals surface area contributed by atoms with Crippen LogP contribution in [0.5, 0.6) is 5.75 Å². The number of rotatable bonds is 9. The summed E-state index contributed by atoms with van der Waals surface area (Å²) >= 11 is 0. The smallest absolute Gasteiger partial charge is 0.258 e. The molecule has 2 aromatic rings. The van der Waals surface area contributed by atoms with Crippen LogP contribution in [0.2, 0.25) is 0 Å². The molecule has 0 spiro atoms. The lowest BCUT2D eigenvalue weighted by molar-refractivity contribution is -0.123. The Morgan fingerprint density at radius 3 is 2.26 bits per heavy atom. The normalized spacial score (nSPS) is 10.9. The molecule has 146 valence electrons. The van der Waals surface area contributed by atoms with E-state index in [0.29, 0.717) is 24.5 Å². The number of anilines is 2. The molecule has 8 heteroatoms. The fraction of sp³-hybridized carbons (Fsp3) is 0.316. The first-order valence-corrected chi connectivity index (χ1v) is 10.4. The second-order valence-corrected chi connectivity index (χ2v) is 8.01. The summed E-state index contributed by atoms with van der Waals surface area (Å²) in [6.45, 7) is 5.10. The van der Waals surface area contributed by atoms with Gasteiger partial charge in [0.15, 0.2) is 6.61 Å². The summed E-state index contributed by atoms with van der Waals surface area (Å²) in [5.41, 5.74) is 3.92. The topological polar surface area (TPSA) is 96.5 Å². The number of amides is 1. The molecule has 2 rings (SSSR count). The van der Waals surface area contributed by atoms with E-state index in [9.17, 15) is 13.2 Å². The Labute approximate surface area is 160 Å². The summed E-state index contributed by atoms with van der Waals surface area (Å²) in [7, 11) is -3.31. The SMILES string of the molecule is Cc1ccc(NCCNC(=O)COc2ccc(NS(C)(=O)=O)cc2)cc1C. The average Bonchev–Trinajstić information content (AvgIpc) is 2.60. The van der Waals surface area contributed by atoms with Crippen LogP contribution in [0.1, 0.15) is 11.1 Å². The minimum absolute atomic E-state index is 0.109. The molecule has 2 aromatic carbocycles. The van der Waals surface area contributed by atoms with E-state index in [1.165, 1.54) is 11.1 Å². The predicted molar refractivity (Wildman–Crippen MR) is 108 cm³/mol. The van der Waals surface area contributed by atoms with Crippen molar-refractivity contribution in [2.75, 3.05) is 36.0 Å². The molecule has 0 aromatic heterocycles. The minimum atomic E-state index is -3.31. The highest BCUT2D eigenvalue weighted by molar-refractivity contribution is 7.92. The van der Waals surface area contributed by atoms with Gasteiger partial charge in [0.1, 0.15) is 5.75 Å². The highest BCUT2D eigenvalue weighted by Crippen LogP contribution is 2.16. The van der Waals surface area contributed by atoms with Gasteiger partial charge in [0.25, 0.3) is 5.91 Å². The largest absolute Gasteiger partial charge is 0.484 e. The molecular formula is C19H25N3O4S. The van der Waals surface area contributed by atoms with Gasteiger partial charge in [0.2, 0.25) is 10.0 Å². The summed E-state index contributed by atoms with van der Waals surface area (Å²) in [4.78, 5) is 11.8. The summed E-state index contributed by atoms with van der Waals surface area (Å²) in [6.07, 6.45) is 1.08. The maximum atomic E-state index is 11.8. The van der Waals surface area contributed by atoms with E-state index in [-0.39, 0.29) is 12.5 Å². The molecule has 1 amide bonds. The van der Waals surface area contributed by atoms with Crippen molar-refractivity contribution in [3.05, 3.63) is 53.6 Å².